The van der Waals surface area contributed by atoms with Crippen LogP contribution in [0.25, 0.3) is 0 Å². The van der Waals surface area contributed by atoms with E-state index in [2.05, 4.69) is 31.9 Å². The van der Waals surface area contributed by atoms with Crippen LogP contribution in [0.2, 0.25) is 0 Å². The molecule has 0 saturated carbocycles. The summed E-state index contributed by atoms with van der Waals surface area (Å²) < 4.78 is 5.62. The maximum Gasteiger partial charge on any atom is 0.339 e. The number of hydrogen-bond donors (Lipinski definition) is 0. The lowest BCUT2D eigenvalue weighted by atomic mass is 10.0. The Hall–Kier alpha value is -0.0900. The van der Waals surface area contributed by atoms with Gasteiger partial charge >= 0.3 is 5.97 Å². The molecule has 0 atom stereocenters. The summed E-state index contributed by atoms with van der Waals surface area (Å²) in [7, 11) is 0. The van der Waals surface area contributed by atoms with Crippen molar-refractivity contribution in [2.45, 2.75) is 13.8 Å². The van der Waals surface area contributed by atoms with Crippen molar-refractivity contribution in [3.8, 4) is 0 Å². The van der Waals surface area contributed by atoms with Gasteiger partial charge in [-0.3, -0.25) is 0 Å². The highest BCUT2D eigenvalue weighted by atomic mass is 79.9. The van der Waals surface area contributed by atoms with Crippen LogP contribution in [-0.2, 0) is 9.53 Å². The molecule has 0 bridgehead atoms. The molecule has 0 N–H and O–H groups in total. The summed E-state index contributed by atoms with van der Waals surface area (Å²) in [5.41, 5.74) is 0.710. The molecule has 0 spiro atoms. The number of rotatable bonds is 1. The standard InChI is InChI=1S/C8H8Br2O2/c1-4(2)5-3-6(7(9)10)12-8(5)11/h3-4H,1-2H3. The molecule has 0 amide bonds. The Morgan fingerprint density at radius 1 is 1.50 bits per heavy atom. The van der Waals surface area contributed by atoms with Gasteiger partial charge in [0.25, 0.3) is 0 Å². The third-order valence-electron chi connectivity index (χ3n) is 1.53. The van der Waals surface area contributed by atoms with Gasteiger partial charge in [-0.05, 0) is 43.9 Å². The van der Waals surface area contributed by atoms with E-state index in [4.69, 9.17) is 4.74 Å². The number of cyclic esters (lactones) is 1. The largest absolute Gasteiger partial charge is 0.421 e. The van der Waals surface area contributed by atoms with E-state index in [9.17, 15) is 4.79 Å². The Bertz CT molecular complexity index is 273. The number of hydrogen-bond acceptors (Lipinski definition) is 2. The highest BCUT2D eigenvalue weighted by molar-refractivity contribution is 9.28. The van der Waals surface area contributed by atoms with Gasteiger partial charge in [0.2, 0.25) is 0 Å². The van der Waals surface area contributed by atoms with Crippen molar-refractivity contribution in [2.24, 2.45) is 5.92 Å². The summed E-state index contributed by atoms with van der Waals surface area (Å²) in [6, 6.07) is 0. The number of esters is 1. The van der Waals surface area contributed by atoms with E-state index in [0.29, 0.717) is 14.7 Å². The van der Waals surface area contributed by atoms with Gasteiger partial charge in [-0.25, -0.2) is 4.79 Å². The van der Waals surface area contributed by atoms with E-state index in [1.165, 1.54) is 0 Å². The number of halogens is 2. The monoisotopic (exact) mass is 294 g/mol. The first-order valence-electron chi connectivity index (χ1n) is 3.51. The lowest BCUT2D eigenvalue weighted by Crippen LogP contribution is -2.04. The fourth-order valence-corrected chi connectivity index (χ4v) is 1.27. The molecule has 0 fully saturated rings. The van der Waals surface area contributed by atoms with E-state index in [1.807, 2.05) is 13.8 Å². The smallest absolute Gasteiger partial charge is 0.339 e. The minimum Gasteiger partial charge on any atom is -0.421 e. The zero-order valence-corrected chi connectivity index (χ0v) is 9.90. The summed E-state index contributed by atoms with van der Waals surface area (Å²) in [5.74, 6) is 0.495. The maximum absolute atomic E-state index is 11.2. The fourth-order valence-electron chi connectivity index (χ4n) is 0.884. The molecular formula is C8H8Br2O2. The molecule has 0 aromatic carbocycles. The van der Waals surface area contributed by atoms with Gasteiger partial charge in [-0.1, -0.05) is 13.8 Å². The van der Waals surface area contributed by atoms with Crippen molar-refractivity contribution >= 4 is 37.8 Å². The van der Waals surface area contributed by atoms with Crippen LogP contribution in [0.4, 0.5) is 0 Å². The molecule has 0 aromatic heterocycles. The lowest BCUT2D eigenvalue weighted by Gasteiger charge is -2.00. The van der Waals surface area contributed by atoms with Crippen molar-refractivity contribution in [1.29, 1.82) is 0 Å². The Morgan fingerprint density at radius 2 is 2.08 bits per heavy atom. The fraction of sp³-hybridized carbons (Fsp3) is 0.375. The molecule has 0 saturated heterocycles. The normalized spacial score (nSPS) is 16.6. The predicted octanol–water partition coefficient (Wildman–Crippen LogP) is 3.08. The minimum absolute atomic E-state index is 0.203. The van der Waals surface area contributed by atoms with Gasteiger partial charge in [0.15, 0.2) is 5.76 Å². The lowest BCUT2D eigenvalue weighted by molar-refractivity contribution is -0.133. The Kier molecular flexibility index (Phi) is 3.12. The zero-order chi connectivity index (χ0) is 9.30. The molecule has 0 aromatic rings. The minimum atomic E-state index is -0.253. The second kappa shape index (κ2) is 3.75. The van der Waals surface area contributed by atoms with E-state index < -0.39 is 0 Å². The van der Waals surface area contributed by atoms with Crippen molar-refractivity contribution < 1.29 is 9.53 Å². The first-order chi connectivity index (χ1) is 5.52. The molecule has 1 aliphatic rings. The van der Waals surface area contributed by atoms with Gasteiger partial charge in [0, 0.05) is 5.57 Å². The van der Waals surface area contributed by atoms with Crippen LogP contribution in [0.1, 0.15) is 13.8 Å². The predicted molar refractivity (Wildman–Crippen MR) is 53.9 cm³/mol. The summed E-state index contributed by atoms with van der Waals surface area (Å²) in [6.07, 6.45) is 1.74. The zero-order valence-electron chi connectivity index (χ0n) is 6.73. The molecule has 0 aliphatic carbocycles. The van der Waals surface area contributed by atoms with Crippen LogP contribution in [0, 0.1) is 5.92 Å². The van der Waals surface area contributed by atoms with Crippen molar-refractivity contribution in [3.05, 3.63) is 20.8 Å². The molecule has 1 rings (SSSR count). The van der Waals surface area contributed by atoms with Gasteiger partial charge < -0.3 is 4.74 Å². The van der Waals surface area contributed by atoms with Crippen molar-refractivity contribution in [1.82, 2.24) is 0 Å². The summed E-state index contributed by atoms with van der Waals surface area (Å²) in [5, 5.41) is 0. The van der Waals surface area contributed by atoms with E-state index in [-0.39, 0.29) is 11.9 Å². The van der Waals surface area contributed by atoms with E-state index in [0.717, 1.165) is 0 Å². The van der Waals surface area contributed by atoms with Crippen molar-refractivity contribution in [2.75, 3.05) is 0 Å². The van der Waals surface area contributed by atoms with Crippen LogP contribution in [0.5, 0.6) is 0 Å². The number of carbonyl (C=O) groups is 1. The second-order valence-electron chi connectivity index (χ2n) is 2.77. The van der Waals surface area contributed by atoms with Crippen LogP contribution < -0.4 is 0 Å². The number of ether oxygens (including phenoxy) is 1. The molecule has 66 valence electrons. The van der Waals surface area contributed by atoms with Gasteiger partial charge in [-0.15, -0.1) is 0 Å². The molecule has 1 aliphatic heterocycles. The quantitative estimate of drug-likeness (QED) is 0.695. The molecule has 12 heavy (non-hydrogen) atoms. The molecule has 1 heterocycles. The van der Waals surface area contributed by atoms with Crippen LogP contribution in [-0.4, -0.2) is 5.97 Å². The van der Waals surface area contributed by atoms with Gasteiger partial charge in [0.05, 0.1) is 0 Å². The first kappa shape index (κ1) is 9.99. The maximum atomic E-state index is 11.2. The summed E-state index contributed by atoms with van der Waals surface area (Å²) in [6.45, 7) is 3.91. The highest BCUT2D eigenvalue weighted by Gasteiger charge is 2.24. The Balaban J connectivity index is 2.97. The summed E-state index contributed by atoms with van der Waals surface area (Å²) >= 11 is 6.36. The van der Waals surface area contributed by atoms with Crippen LogP contribution >= 0.6 is 31.9 Å². The third-order valence-corrected chi connectivity index (χ3v) is 2.31. The number of allylic oxidation sites excluding steroid dienone is 1. The molecule has 4 heteroatoms. The van der Waals surface area contributed by atoms with E-state index >= 15 is 0 Å². The Morgan fingerprint density at radius 3 is 2.33 bits per heavy atom. The molecular weight excluding hydrogens is 288 g/mol. The highest BCUT2D eigenvalue weighted by Crippen LogP contribution is 2.29. The topological polar surface area (TPSA) is 26.3 Å². The molecule has 2 nitrogen and oxygen atoms in total. The average Bonchev–Trinajstić information content (AvgIpc) is 2.30. The third kappa shape index (κ3) is 1.98. The van der Waals surface area contributed by atoms with Crippen LogP contribution in [0.3, 0.4) is 0 Å². The number of carbonyl (C=O) groups excluding carboxylic acids is 1. The summed E-state index contributed by atoms with van der Waals surface area (Å²) in [4.78, 5) is 11.2. The second-order valence-corrected chi connectivity index (χ2v) is 5.42. The van der Waals surface area contributed by atoms with Crippen LogP contribution in [0.15, 0.2) is 20.8 Å². The SMILES string of the molecule is CC(C)C1=CC(=C(Br)Br)OC1=O. The first-order valence-corrected chi connectivity index (χ1v) is 5.10. The molecule has 0 radical (unpaired) electrons. The average molecular weight is 296 g/mol. The molecule has 0 unspecified atom stereocenters. The van der Waals surface area contributed by atoms with Gasteiger partial charge in [0.1, 0.15) is 3.39 Å². The van der Waals surface area contributed by atoms with Crippen molar-refractivity contribution in [3.63, 3.8) is 0 Å². The van der Waals surface area contributed by atoms with Gasteiger partial charge in [-0.2, -0.15) is 0 Å². The Labute approximate surface area is 87.9 Å². The van der Waals surface area contributed by atoms with E-state index in [1.54, 1.807) is 6.08 Å².